The summed E-state index contributed by atoms with van der Waals surface area (Å²) in [5.41, 5.74) is 0.450. The number of halogens is 2. The van der Waals surface area contributed by atoms with Crippen LogP contribution in [0.15, 0.2) is 18.2 Å². The molecule has 2 rings (SSSR count). The Morgan fingerprint density at radius 2 is 1.94 bits per heavy atom. The fraction of sp³-hybridized carbons (Fsp3) is 0.500. The van der Waals surface area contributed by atoms with E-state index in [1.807, 2.05) is 0 Å². The van der Waals surface area contributed by atoms with E-state index in [0.717, 1.165) is 25.7 Å². The van der Waals surface area contributed by atoms with Crippen LogP contribution in [-0.2, 0) is 0 Å². The molecule has 92 valence electrons. The summed E-state index contributed by atoms with van der Waals surface area (Å²) in [5, 5.41) is 0.0683. The Hall–Kier alpha value is -0.890. The molecule has 1 aliphatic rings. The molecule has 0 unspecified atom stereocenters. The Kier molecular flexibility index (Phi) is 3.82. The first-order chi connectivity index (χ1) is 8.08. The highest BCUT2D eigenvalue weighted by Crippen LogP contribution is 2.31. The third kappa shape index (κ3) is 2.86. The quantitative estimate of drug-likeness (QED) is 0.711. The number of carbonyl (C=O) groups excluding carboxylic acids is 1. The maximum atomic E-state index is 13.3. The molecular weight excluding hydrogens is 239 g/mol. The van der Waals surface area contributed by atoms with E-state index in [1.54, 1.807) is 6.07 Å². The zero-order chi connectivity index (χ0) is 12.4. The van der Waals surface area contributed by atoms with Crippen molar-refractivity contribution in [3.05, 3.63) is 34.6 Å². The molecular formula is C14H16ClFO. The number of hydrogen-bond acceptors (Lipinski definition) is 1. The molecule has 0 spiro atoms. The van der Waals surface area contributed by atoms with Gasteiger partial charge in [-0.05, 0) is 37.0 Å². The van der Waals surface area contributed by atoms with Crippen LogP contribution in [0.1, 0.15) is 43.0 Å². The lowest BCUT2D eigenvalue weighted by atomic mass is 9.79. The highest BCUT2D eigenvalue weighted by atomic mass is 35.5. The van der Waals surface area contributed by atoms with Gasteiger partial charge in [0, 0.05) is 11.5 Å². The number of benzene rings is 1. The minimum atomic E-state index is -0.512. The molecule has 0 aromatic heterocycles. The molecule has 0 saturated heterocycles. The molecule has 1 aromatic carbocycles. The van der Waals surface area contributed by atoms with Gasteiger partial charge in [0.05, 0.1) is 5.02 Å². The maximum absolute atomic E-state index is 13.3. The zero-order valence-corrected chi connectivity index (χ0v) is 10.6. The van der Waals surface area contributed by atoms with E-state index >= 15 is 0 Å². The highest BCUT2D eigenvalue weighted by molar-refractivity contribution is 6.30. The first-order valence-corrected chi connectivity index (χ1v) is 6.45. The van der Waals surface area contributed by atoms with E-state index in [1.165, 1.54) is 12.1 Å². The van der Waals surface area contributed by atoms with Gasteiger partial charge in [0.25, 0.3) is 0 Å². The van der Waals surface area contributed by atoms with Crippen LogP contribution in [0.4, 0.5) is 4.39 Å². The molecule has 0 N–H and O–H groups in total. The fourth-order valence-corrected chi connectivity index (χ4v) is 2.52. The normalized spacial score (nSPS) is 24.6. The summed E-state index contributed by atoms with van der Waals surface area (Å²) < 4.78 is 13.3. The van der Waals surface area contributed by atoms with Gasteiger partial charge in [-0.15, -0.1) is 0 Å². The maximum Gasteiger partial charge on any atom is 0.166 e. The van der Waals surface area contributed by atoms with Crippen molar-refractivity contribution in [3.8, 4) is 0 Å². The van der Waals surface area contributed by atoms with E-state index in [4.69, 9.17) is 11.6 Å². The van der Waals surface area contributed by atoms with Crippen LogP contribution in [0.2, 0.25) is 5.02 Å². The minimum Gasteiger partial charge on any atom is -0.294 e. The summed E-state index contributed by atoms with van der Waals surface area (Å²) in [5.74, 6) is 0.321. The Morgan fingerprint density at radius 3 is 2.53 bits per heavy atom. The third-order valence-corrected chi connectivity index (χ3v) is 3.90. The molecule has 0 aliphatic heterocycles. The lowest BCUT2D eigenvalue weighted by Gasteiger charge is -2.25. The molecule has 3 heteroatoms. The van der Waals surface area contributed by atoms with E-state index in [0.29, 0.717) is 11.5 Å². The van der Waals surface area contributed by atoms with Crippen molar-refractivity contribution in [2.45, 2.75) is 32.6 Å². The van der Waals surface area contributed by atoms with Crippen molar-refractivity contribution in [3.63, 3.8) is 0 Å². The Balaban J connectivity index is 2.11. The summed E-state index contributed by atoms with van der Waals surface area (Å²) in [6.07, 6.45) is 4.02. The van der Waals surface area contributed by atoms with Crippen molar-refractivity contribution in [1.29, 1.82) is 0 Å². The summed E-state index contributed by atoms with van der Waals surface area (Å²) in [7, 11) is 0. The molecule has 1 aromatic rings. The third-order valence-electron chi connectivity index (χ3n) is 3.59. The van der Waals surface area contributed by atoms with Crippen molar-refractivity contribution in [1.82, 2.24) is 0 Å². The number of rotatable bonds is 2. The number of hydrogen-bond donors (Lipinski definition) is 0. The second kappa shape index (κ2) is 5.18. The van der Waals surface area contributed by atoms with Crippen molar-refractivity contribution in [2.24, 2.45) is 11.8 Å². The average Bonchev–Trinajstić information content (AvgIpc) is 2.33. The van der Waals surface area contributed by atoms with Crippen LogP contribution in [0.5, 0.6) is 0 Å². The van der Waals surface area contributed by atoms with Gasteiger partial charge in [-0.25, -0.2) is 4.39 Å². The number of Topliss-reactive ketones (excluding diaryl/α,β-unsaturated/α-hetero) is 1. The van der Waals surface area contributed by atoms with Gasteiger partial charge < -0.3 is 0 Å². The molecule has 0 amide bonds. The smallest absolute Gasteiger partial charge is 0.166 e. The lowest BCUT2D eigenvalue weighted by Crippen LogP contribution is -2.21. The lowest BCUT2D eigenvalue weighted by molar-refractivity contribution is 0.0875. The highest BCUT2D eigenvalue weighted by Gasteiger charge is 2.25. The molecule has 1 fully saturated rings. The zero-order valence-electron chi connectivity index (χ0n) is 9.88. The molecule has 0 radical (unpaired) electrons. The average molecular weight is 255 g/mol. The van der Waals surface area contributed by atoms with Crippen LogP contribution in [0.3, 0.4) is 0 Å². The largest absolute Gasteiger partial charge is 0.294 e. The van der Waals surface area contributed by atoms with Crippen molar-refractivity contribution < 1.29 is 9.18 Å². The van der Waals surface area contributed by atoms with Crippen molar-refractivity contribution >= 4 is 17.4 Å². The van der Waals surface area contributed by atoms with Gasteiger partial charge in [0.15, 0.2) is 5.78 Å². The SMILES string of the molecule is CC1CCC(C(=O)c2ccc(Cl)c(F)c2)CC1. The second-order valence-corrected chi connectivity index (χ2v) is 5.36. The molecule has 1 aliphatic carbocycles. The molecule has 0 bridgehead atoms. The summed E-state index contributed by atoms with van der Waals surface area (Å²) in [6.45, 7) is 2.21. The molecule has 0 atom stereocenters. The van der Waals surface area contributed by atoms with Gasteiger partial charge in [-0.3, -0.25) is 4.79 Å². The van der Waals surface area contributed by atoms with Crippen molar-refractivity contribution in [2.75, 3.05) is 0 Å². The standard InChI is InChI=1S/C14H16ClFO/c1-9-2-4-10(5-3-9)14(17)11-6-7-12(15)13(16)8-11/h6-10H,2-5H2,1H3. The first kappa shape index (κ1) is 12.6. The van der Waals surface area contributed by atoms with E-state index in [2.05, 4.69) is 6.92 Å². The Labute approximate surface area is 106 Å². The first-order valence-electron chi connectivity index (χ1n) is 6.07. The van der Waals surface area contributed by atoms with Gasteiger partial charge in [0.2, 0.25) is 0 Å². The van der Waals surface area contributed by atoms with Crippen LogP contribution in [0, 0.1) is 17.7 Å². The van der Waals surface area contributed by atoms with Gasteiger partial charge >= 0.3 is 0 Å². The van der Waals surface area contributed by atoms with E-state index in [9.17, 15) is 9.18 Å². The Bertz CT molecular complexity index is 422. The van der Waals surface area contributed by atoms with Crippen LogP contribution in [0.25, 0.3) is 0 Å². The monoisotopic (exact) mass is 254 g/mol. The van der Waals surface area contributed by atoms with Gasteiger partial charge in [0.1, 0.15) is 5.82 Å². The topological polar surface area (TPSA) is 17.1 Å². The minimum absolute atomic E-state index is 0.0618. The summed E-state index contributed by atoms with van der Waals surface area (Å²) in [6, 6.07) is 4.32. The van der Waals surface area contributed by atoms with Crippen LogP contribution in [-0.4, -0.2) is 5.78 Å². The summed E-state index contributed by atoms with van der Waals surface area (Å²) in [4.78, 5) is 12.2. The van der Waals surface area contributed by atoms with E-state index < -0.39 is 5.82 Å². The fourth-order valence-electron chi connectivity index (χ4n) is 2.41. The predicted molar refractivity (Wildman–Crippen MR) is 66.9 cm³/mol. The molecule has 0 heterocycles. The second-order valence-electron chi connectivity index (χ2n) is 4.95. The van der Waals surface area contributed by atoms with Gasteiger partial charge in [-0.2, -0.15) is 0 Å². The van der Waals surface area contributed by atoms with Gasteiger partial charge in [-0.1, -0.05) is 31.4 Å². The predicted octanol–water partition coefficient (Wildman–Crippen LogP) is 4.49. The Morgan fingerprint density at radius 1 is 1.29 bits per heavy atom. The van der Waals surface area contributed by atoms with E-state index in [-0.39, 0.29) is 16.7 Å². The number of carbonyl (C=O) groups is 1. The van der Waals surface area contributed by atoms with Crippen LogP contribution >= 0.6 is 11.6 Å². The molecule has 1 saturated carbocycles. The molecule has 17 heavy (non-hydrogen) atoms. The summed E-state index contributed by atoms with van der Waals surface area (Å²) >= 11 is 5.60. The number of ketones is 1. The molecule has 1 nitrogen and oxygen atoms in total. The van der Waals surface area contributed by atoms with Crippen LogP contribution < -0.4 is 0 Å².